The lowest BCUT2D eigenvalue weighted by molar-refractivity contribution is -0.201. The molecule has 300 valence electrons. The fraction of sp³-hybridized carbons (Fsp3) is 0.824. The predicted molar refractivity (Wildman–Crippen MR) is 216 cm³/mol. The molecule has 0 bridgehead atoms. The van der Waals surface area contributed by atoms with Crippen molar-refractivity contribution >= 4 is 67.8 Å². The van der Waals surface area contributed by atoms with E-state index in [-0.39, 0.29) is 46.5 Å². The van der Waals surface area contributed by atoms with Gasteiger partial charge in [0, 0.05) is 26.1 Å². The Morgan fingerprint density at radius 2 is 0.941 bits per heavy atom. The summed E-state index contributed by atoms with van der Waals surface area (Å²) in [6.45, 7) is 16.8. The minimum absolute atomic E-state index is 0.0586. The zero-order chi connectivity index (χ0) is 39.1. The van der Waals surface area contributed by atoms with Gasteiger partial charge >= 0.3 is 0 Å². The highest BCUT2D eigenvalue weighted by Gasteiger charge is 2.46. The van der Waals surface area contributed by atoms with E-state index < -0.39 is 31.6 Å². The maximum atomic E-state index is 15.2. The molecule has 0 aliphatic heterocycles. The Morgan fingerprint density at radius 1 is 0.588 bits per heavy atom. The van der Waals surface area contributed by atoms with Gasteiger partial charge in [0.1, 0.15) is 0 Å². The van der Waals surface area contributed by atoms with Crippen LogP contribution in [0.4, 0.5) is 0 Å². The molecule has 51 heavy (non-hydrogen) atoms. The smallest absolute Gasteiger partial charge is 0.277 e. The van der Waals surface area contributed by atoms with Crippen molar-refractivity contribution in [1.29, 1.82) is 0 Å². The first kappa shape index (κ1) is 50.3. The molecule has 0 rings (SSSR count). The molecule has 0 aliphatic rings. The van der Waals surface area contributed by atoms with E-state index in [2.05, 4.69) is 0 Å². The number of unbranched alkanes of at least 4 members (excludes halogenated alkanes) is 2. The van der Waals surface area contributed by atoms with Crippen molar-refractivity contribution in [1.82, 2.24) is 10.1 Å². The van der Waals surface area contributed by atoms with Gasteiger partial charge in [-0.1, -0.05) is 78.8 Å². The number of nitrogens with zero attached hydrogens (tertiary/aromatic N) is 2. The first-order chi connectivity index (χ1) is 24.4. The Hall–Kier alpha value is -0.730. The Kier molecular flexibility index (Phi) is 26.6. The Bertz CT molecular complexity index is 1120. The Labute approximate surface area is 327 Å². The quantitative estimate of drug-likeness (QED) is 0.0227. The van der Waals surface area contributed by atoms with Gasteiger partial charge < -0.3 is 28.4 Å². The zero-order valence-electron chi connectivity index (χ0n) is 32.9. The zero-order valence-corrected chi connectivity index (χ0v) is 37.0. The number of thioether (sulfide) groups is 2. The molecule has 12 nitrogen and oxygen atoms in total. The van der Waals surface area contributed by atoms with Crippen LogP contribution in [0.2, 0.25) is 0 Å². The van der Waals surface area contributed by atoms with Gasteiger partial charge in [0.25, 0.3) is 20.0 Å². The molecule has 0 aliphatic carbocycles. The minimum atomic E-state index is -4.64. The molecule has 0 spiro atoms. The second-order valence-corrected chi connectivity index (χ2v) is 15.0. The van der Waals surface area contributed by atoms with Crippen molar-refractivity contribution in [2.75, 3.05) is 66.4 Å². The molecule has 0 radical (unpaired) electrons. The molecule has 17 heteroatoms. The highest BCUT2D eigenvalue weighted by atomic mass is 32.2. The number of thiocarbonyl (C=S) groups is 2. The minimum Gasteiger partial charge on any atom is -0.481 e. The van der Waals surface area contributed by atoms with E-state index in [1.54, 1.807) is 12.5 Å². The van der Waals surface area contributed by atoms with Crippen molar-refractivity contribution in [3.8, 4) is 0 Å². The summed E-state index contributed by atoms with van der Waals surface area (Å²) in [5, 5.41) is 1.73. The average Bonchev–Trinajstić information content (AvgIpc) is 3.13. The second kappa shape index (κ2) is 26.9. The molecule has 0 saturated carbocycles. The summed E-state index contributed by atoms with van der Waals surface area (Å²) < 4.78 is 67.4. The van der Waals surface area contributed by atoms with Crippen molar-refractivity contribution in [3.63, 3.8) is 0 Å². The van der Waals surface area contributed by atoms with Gasteiger partial charge in [0.2, 0.25) is 11.6 Å². The summed E-state index contributed by atoms with van der Waals surface area (Å²) in [5.41, 5.74) is 0. The third-order valence-electron chi connectivity index (χ3n) is 7.21. The maximum Gasteiger partial charge on any atom is 0.277 e. The number of hydroxylamine groups is 4. The van der Waals surface area contributed by atoms with E-state index in [1.165, 1.54) is 24.3 Å². The number of rotatable bonds is 30. The highest BCUT2D eigenvalue weighted by Crippen LogP contribution is 2.39. The fourth-order valence-electron chi connectivity index (χ4n) is 4.58. The van der Waals surface area contributed by atoms with Gasteiger partial charge in [-0.15, -0.1) is 23.5 Å². The Balaban J connectivity index is 8.11. The van der Waals surface area contributed by atoms with E-state index in [9.17, 15) is 0 Å². The molecule has 2 unspecified atom stereocenters. The summed E-state index contributed by atoms with van der Waals surface area (Å²) in [5.74, 6) is -2.76. The van der Waals surface area contributed by atoms with Crippen LogP contribution in [0.3, 0.4) is 0 Å². The fourth-order valence-corrected chi connectivity index (χ4v) is 9.09. The topological polar surface area (TPSA) is 114 Å². The lowest BCUT2D eigenvalue weighted by Crippen LogP contribution is -2.51. The molecule has 0 aromatic heterocycles. The van der Waals surface area contributed by atoms with Crippen LogP contribution in [0.5, 0.6) is 0 Å². The molecule has 2 atom stereocenters. The lowest BCUT2D eigenvalue weighted by atomic mass is 10.2. The molecule has 0 fully saturated rings. The van der Waals surface area contributed by atoms with Gasteiger partial charge in [0.05, 0.1) is 40.6 Å². The predicted octanol–water partition coefficient (Wildman–Crippen LogP) is 8.53. The highest BCUT2D eigenvalue weighted by molar-refractivity contribution is 8.06. The molecular formula is C34H64N2O10S5. The van der Waals surface area contributed by atoms with E-state index >= 15 is 8.42 Å². The van der Waals surface area contributed by atoms with E-state index in [4.69, 9.17) is 62.5 Å². The summed E-state index contributed by atoms with van der Waals surface area (Å²) in [4.78, 5) is 11.8. The van der Waals surface area contributed by atoms with Crippen LogP contribution < -0.4 is 0 Å². The van der Waals surface area contributed by atoms with E-state index in [0.717, 1.165) is 36.4 Å². The third kappa shape index (κ3) is 13.8. The van der Waals surface area contributed by atoms with Crippen LogP contribution in [0.1, 0.15) is 107 Å². The first-order valence-corrected chi connectivity index (χ1v) is 22.5. The van der Waals surface area contributed by atoms with Gasteiger partial charge in [-0.25, -0.2) is 8.42 Å². The molecule has 0 aromatic rings. The molecule has 0 saturated heterocycles. The lowest BCUT2D eigenvalue weighted by Gasteiger charge is -2.38. The van der Waals surface area contributed by atoms with E-state index in [1.807, 2.05) is 55.4 Å². The van der Waals surface area contributed by atoms with Crippen molar-refractivity contribution in [3.05, 3.63) is 20.2 Å². The van der Waals surface area contributed by atoms with Gasteiger partial charge in [0.15, 0.2) is 20.0 Å². The summed E-state index contributed by atoms with van der Waals surface area (Å²) >= 11 is 14.1. The third-order valence-corrected chi connectivity index (χ3v) is 11.5. The molecular weight excluding hydrogens is 757 g/mol. The van der Waals surface area contributed by atoms with Crippen molar-refractivity contribution in [2.24, 2.45) is 0 Å². The largest absolute Gasteiger partial charge is 0.481 e. The summed E-state index contributed by atoms with van der Waals surface area (Å²) in [6, 6.07) is 0. The van der Waals surface area contributed by atoms with Crippen LogP contribution in [0, 0.1) is 0 Å². The van der Waals surface area contributed by atoms with Gasteiger partial charge in [-0.05, 0) is 52.0 Å². The molecule has 0 heterocycles. The standard InChI is InChI=1S/C34H64N2O10S5/c1-13-21-25-41-29(27(49-11)35(39-9)31(47)33(17-5,43-19-7)45-23-15-3)51(37,38)30(42-26-22-14-2)28(50-12)36(40-10)32(48)34(18-6,44-20-8)46-24-16-4/h13-26H2,1-12H3. The maximum absolute atomic E-state index is 15.2. The number of hydrogen-bond acceptors (Lipinski definition) is 14. The summed E-state index contributed by atoms with van der Waals surface area (Å²) in [7, 11) is -1.85. The van der Waals surface area contributed by atoms with Crippen molar-refractivity contribution in [2.45, 2.75) is 118 Å². The SMILES string of the molecule is CCCCOC(=C(SC)N(OC)C(=S)C(CC)(OCC)OCCC)S(=O)(=O)C(OCCCC)=C(SC)N(OC)C(=S)C(CC)(OCC)OCCC. The first-order valence-electron chi connectivity index (χ1n) is 17.8. The van der Waals surface area contributed by atoms with Crippen LogP contribution in [-0.2, 0) is 47.9 Å². The number of sulfone groups is 1. The normalized spacial score (nSPS) is 15.3. The van der Waals surface area contributed by atoms with Crippen molar-refractivity contribution < 1.29 is 46.5 Å². The monoisotopic (exact) mass is 820 g/mol. The van der Waals surface area contributed by atoms with E-state index in [0.29, 0.717) is 51.7 Å². The van der Waals surface area contributed by atoms with Crippen LogP contribution in [-0.4, -0.2) is 106 Å². The van der Waals surface area contributed by atoms with Gasteiger partial charge in [-0.3, -0.25) is 9.68 Å². The van der Waals surface area contributed by atoms with Gasteiger partial charge in [-0.2, -0.15) is 10.1 Å². The molecule has 0 amide bonds. The Morgan fingerprint density at radius 3 is 1.18 bits per heavy atom. The number of hydrogen-bond donors (Lipinski definition) is 0. The molecule has 0 aromatic carbocycles. The number of ether oxygens (including phenoxy) is 6. The van der Waals surface area contributed by atoms with Crippen LogP contribution >= 0.6 is 48.0 Å². The average molecular weight is 821 g/mol. The molecule has 0 N–H and O–H groups in total. The van der Waals surface area contributed by atoms with Crippen LogP contribution in [0.15, 0.2) is 20.2 Å². The van der Waals surface area contributed by atoms with Crippen LogP contribution in [0.25, 0.3) is 0 Å². The summed E-state index contributed by atoms with van der Waals surface area (Å²) in [6.07, 6.45) is 8.18. The second-order valence-electron chi connectivity index (χ2n) is 10.8.